The van der Waals surface area contributed by atoms with E-state index in [0.29, 0.717) is 34.8 Å². The van der Waals surface area contributed by atoms with Crippen molar-refractivity contribution in [3.05, 3.63) is 57.6 Å². The molecule has 0 aliphatic rings. The molecule has 0 saturated heterocycles. The van der Waals surface area contributed by atoms with Crippen LogP contribution in [0.4, 0.5) is 0 Å². The van der Waals surface area contributed by atoms with Crippen LogP contribution in [-0.2, 0) is 13.2 Å². The Hall–Kier alpha value is -1.42. The number of ether oxygens (including phenoxy) is 2. The highest BCUT2D eigenvalue weighted by Gasteiger charge is 2.13. The smallest absolute Gasteiger partial charge is 0.180 e. The molecular formula is C23H31Cl2NO2. The van der Waals surface area contributed by atoms with Gasteiger partial charge in [0.25, 0.3) is 0 Å². The standard InChI is InChI=1S/C23H31Cl2NO2/c1-3-5-6-7-8-12-26-16-19-14-21(25)23(22(15-19)27-4-2)28-17-18-10-9-11-20(24)13-18/h9-11,13-15,26H,3-8,12,16-17H2,1-2H3. The van der Waals surface area contributed by atoms with Gasteiger partial charge in [-0.3, -0.25) is 0 Å². The highest BCUT2D eigenvalue weighted by molar-refractivity contribution is 6.32. The van der Waals surface area contributed by atoms with Gasteiger partial charge in [0.2, 0.25) is 0 Å². The third-order valence-electron chi connectivity index (χ3n) is 4.43. The van der Waals surface area contributed by atoms with Gasteiger partial charge in [-0.1, -0.05) is 67.9 Å². The molecule has 0 aliphatic heterocycles. The molecule has 5 heteroatoms. The van der Waals surface area contributed by atoms with E-state index in [1.165, 1.54) is 32.1 Å². The average Bonchev–Trinajstić information content (AvgIpc) is 2.67. The Morgan fingerprint density at radius 2 is 1.71 bits per heavy atom. The Balaban J connectivity index is 1.94. The van der Waals surface area contributed by atoms with Crippen LogP contribution in [0, 0.1) is 0 Å². The predicted molar refractivity (Wildman–Crippen MR) is 119 cm³/mol. The zero-order valence-corrected chi connectivity index (χ0v) is 18.4. The molecule has 0 aromatic heterocycles. The average molecular weight is 424 g/mol. The minimum atomic E-state index is 0.385. The van der Waals surface area contributed by atoms with Crippen LogP contribution in [0.2, 0.25) is 10.0 Å². The van der Waals surface area contributed by atoms with Crippen LogP contribution in [0.5, 0.6) is 11.5 Å². The first-order valence-corrected chi connectivity index (χ1v) is 10.9. The first kappa shape index (κ1) is 22.9. The number of benzene rings is 2. The van der Waals surface area contributed by atoms with Crippen LogP contribution in [0.1, 0.15) is 57.1 Å². The molecule has 0 radical (unpaired) electrons. The zero-order chi connectivity index (χ0) is 20.2. The lowest BCUT2D eigenvalue weighted by atomic mass is 10.1. The van der Waals surface area contributed by atoms with Crippen molar-refractivity contribution >= 4 is 23.2 Å². The fourth-order valence-electron chi connectivity index (χ4n) is 2.99. The minimum absolute atomic E-state index is 0.385. The third-order valence-corrected chi connectivity index (χ3v) is 4.94. The van der Waals surface area contributed by atoms with Gasteiger partial charge in [-0.05, 0) is 55.3 Å². The molecule has 0 aliphatic carbocycles. The van der Waals surface area contributed by atoms with Crippen molar-refractivity contribution in [3.8, 4) is 11.5 Å². The van der Waals surface area contributed by atoms with Crippen LogP contribution in [0.15, 0.2) is 36.4 Å². The predicted octanol–water partition coefficient (Wildman–Crippen LogP) is 7.03. The molecule has 0 heterocycles. The largest absolute Gasteiger partial charge is 0.490 e. The van der Waals surface area contributed by atoms with Gasteiger partial charge in [-0.2, -0.15) is 0 Å². The summed E-state index contributed by atoms with van der Waals surface area (Å²) >= 11 is 12.5. The zero-order valence-electron chi connectivity index (χ0n) is 16.9. The van der Waals surface area contributed by atoms with Gasteiger partial charge >= 0.3 is 0 Å². The van der Waals surface area contributed by atoms with E-state index in [-0.39, 0.29) is 0 Å². The third kappa shape index (κ3) is 7.90. The SMILES string of the molecule is CCCCCCCNCc1cc(Cl)c(OCc2cccc(Cl)c2)c(OCC)c1. The highest BCUT2D eigenvalue weighted by Crippen LogP contribution is 2.37. The fraction of sp³-hybridized carbons (Fsp3) is 0.478. The lowest BCUT2D eigenvalue weighted by Crippen LogP contribution is -2.15. The maximum atomic E-state index is 6.51. The first-order valence-electron chi connectivity index (χ1n) is 10.2. The molecule has 2 aromatic rings. The topological polar surface area (TPSA) is 30.5 Å². The summed E-state index contributed by atoms with van der Waals surface area (Å²) in [6.07, 6.45) is 6.40. The van der Waals surface area contributed by atoms with Gasteiger partial charge in [-0.15, -0.1) is 0 Å². The Labute approximate surface area is 179 Å². The molecule has 0 amide bonds. The summed E-state index contributed by atoms with van der Waals surface area (Å²) in [6.45, 7) is 6.91. The van der Waals surface area contributed by atoms with Crippen molar-refractivity contribution in [2.75, 3.05) is 13.2 Å². The Bertz CT molecular complexity index is 722. The van der Waals surface area contributed by atoms with Crippen LogP contribution >= 0.6 is 23.2 Å². The lowest BCUT2D eigenvalue weighted by molar-refractivity contribution is 0.269. The number of rotatable bonds is 13. The normalized spacial score (nSPS) is 10.9. The van der Waals surface area contributed by atoms with E-state index in [1.54, 1.807) is 0 Å². The van der Waals surface area contributed by atoms with Gasteiger partial charge in [-0.25, -0.2) is 0 Å². The van der Waals surface area contributed by atoms with Crippen LogP contribution < -0.4 is 14.8 Å². The second kappa shape index (κ2) is 12.9. The molecule has 154 valence electrons. The maximum absolute atomic E-state index is 6.51. The first-order chi connectivity index (χ1) is 13.6. The molecule has 0 unspecified atom stereocenters. The van der Waals surface area contributed by atoms with Crippen molar-refractivity contribution in [3.63, 3.8) is 0 Å². The number of nitrogens with one attached hydrogen (secondary N) is 1. The van der Waals surface area contributed by atoms with Crippen LogP contribution in [0.3, 0.4) is 0 Å². The van der Waals surface area contributed by atoms with Crippen molar-refractivity contribution in [1.29, 1.82) is 0 Å². The number of unbranched alkanes of at least 4 members (excludes halogenated alkanes) is 4. The van der Waals surface area contributed by atoms with E-state index < -0.39 is 0 Å². The maximum Gasteiger partial charge on any atom is 0.180 e. The summed E-state index contributed by atoms with van der Waals surface area (Å²) in [4.78, 5) is 0. The molecule has 2 aromatic carbocycles. The summed E-state index contributed by atoms with van der Waals surface area (Å²) in [5, 5.41) is 4.74. The van der Waals surface area contributed by atoms with E-state index >= 15 is 0 Å². The van der Waals surface area contributed by atoms with Gasteiger partial charge in [0, 0.05) is 11.6 Å². The summed E-state index contributed by atoms with van der Waals surface area (Å²) < 4.78 is 11.7. The second-order valence-electron chi connectivity index (χ2n) is 6.85. The van der Waals surface area contributed by atoms with E-state index in [4.69, 9.17) is 32.7 Å². The quantitative estimate of drug-likeness (QED) is 0.350. The van der Waals surface area contributed by atoms with E-state index in [1.807, 2.05) is 43.3 Å². The van der Waals surface area contributed by atoms with Gasteiger partial charge in [0.1, 0.15) is 6.61 Å². The molecule has 3 nitrogen and oxygen atoms in total. The summed E-state index contributed by atoms with van der Waals surface area (Å²) in [5.74, 6) is 1.25. The van der Waals surface area contributed by atoms with Crippen LogP contribution in [-0.4, -0.2) is 13.2 Å². The summed E-state index contributed by atoms with van der Waals surface area (Å²) in [5.41, 5.74) is 2.08. The van der Waals surface area contributed by atoms with E-state index in [0.717, 1.165) is 24.2 Å². The lowest BCUT2D eigenvalue weighted by Gasteiger charge is -2.16. The summed E-state index contributed by atoms with van der Waals surface area (Å²) in [7, 11) is 0. The van der Waals surface area contributed by atoms with Crippen molar-refractivity contribution in [1.82, 2.24) is 5.32 Å². The molecule has 0 atom stereocenters. The highest BCUT2D eigenvalue weighted by atomic mass is 35.5. The van der Waals surface area contributed by atoms with Crippen molar-refractivity contribution in [2.45, 2.75) is 59.1 Å². The molecule has 0 spiro atoms. The monoisotopic (exact) mass is 423 g/mol. The second-order valence-corrected chi connectivity index (χ2v) is 7.69. The Morgan fingerprint density at radius 3 is 2.46 bits per heavy atom. The molecule has 0 bridgehead atoms. The van der Waals surface area contributed by atoms with Crippen molar-refractivity contribution < 1.29 is 9.47 Å². The molecule has 28 heavy (non-hydrogen) atoms. The molecule has 1 N–H and O–H groups in total. The number of halogens is 2. The van der Waals surface area contributed by atoms with Gasteiger partial charge < -0.3 is 14.8 Å². The minimum Gasteiger partial charge on any atom is -0.490 e. The molecule has 0 saturated carbocycles. The number of hydrogen-bond donors (Lipinski definition) is 1. The Kier molecular flexibility index (Phi) is 10.6. The molecular weight excluding hydrogens is 393 g/mol. The van der Waals surface area contributed by atoms with E-state index in [2.05, 4.69) is 12.2 Å². The van der Waals surface area contributed by atoms with Crippen molar-refractivity contribution in [2.24, 2.45) is 0 Å². The molecule has 2 rings (SSSR count). The van der Waals surface area contributed by atoms with Crippen LogP contribution in [0.25, 0.3) is 0 Å². The van der Waals surface area contributed by atoms with Gasteiger partial charge in [0.05, 0.1) is 11.6 Å². The fourth-order valence-corrected chi connectivity index (χ4v) is 3.50. The molecule has 0 fully saturated rings. The van der Waals surface area contributed by atoms with E-state index in [9.17, 15) is 0 Å². The van der Waals surface area contributed by atoms with Gasteiger partial charge in [0.15, 0.2) is 11.5 Å². The Morgan fingerprint density at radius 1 is 0.893 bits per heavy atom. The number of hydrogen-bond acceptors (Lipinski definition) is 3. The summed E-state index contributed by atoms with van der Waals surface area (Å²) in [6, 6.07) is 11.6.